The predicted octanol–water partition coefficient (Wildman–Crippen LogP) is 0.954. The predicted molar refractivity (Wildman–Crippen MR) is 65.6 cm³/mol. The third-order valence-electron chi connectivity index (χ3n) is 4.05. The highest BCUT2D eigenvalue weighted by Crippen LogP contribution is 2.30. The van der Waals surface area contributed by atoms with E-state index >= 15 is 0 Å². The molecule has 1 saturated heterocycles. The largest absolute Gasteiger partial charge is 0.332 e. The Kier molecular flexibility index (Phi) is 3.41. The Hall–Kier alpha value is -0.900. The van der Waals surface area contributed by atoms with Crippen LogP contribution in [-0.2, 0) is 9.59 Å². The Balaban J connectivity index is 2.10. The van der Waals surface area contributed by atoms with E-state index in [1.165, 1.54) is 6.92 Å². The molecule has 2 fully saturated rings. The number of nitrogens with zero attached hydrogens (tertiary/aromatic N) is 1. The third kappa shape index (κ3) is 2.37. The number of ketones is 1. The molecule has 2 rings (SSSR count). The molecule has 0 aromatic carbocycles. The van der Waals surface area contributed by atoms with Gasteiger partial charge < -0.3 is 10.2 Å². The van der Waals surface area contributed by atoms with Crippen LogP contribution in [0.5, 0.6) is 0 Å². The SMILES string of the molecule is [3H][C@H]1C[C@H](C(C)=O)N(C(=O)[C@@H]2CCC[C@@H]2NC)C1. The summed E-state index contributed by atoms with van der Waals surface area (Å²) in [5.41, 5.74) is 0. The van der Waals surface area contributed by atoms with Crippen LogP contribution in [0.4, 0.5) is 0 Å². The normalized spacial score (nSPS) is 38.2. The first-order chi connectivity index (χ1) is 8.54. The Morgan fingerprint density at radius 1 is 1.35 bits per heavy atom. The van der Waals surface area contributed by atoms with E-state index in [0.717, 1.165) is 19.3 Å². The molecule has 1 aliphatic carbocycles. The molecule has 4 nitrogen and oxygen atoms in total. The summed E-state index contributed by atoms with van der Waals surface area (Å²) in [6.45, 7) is 1.93. The summed E-state index contributed by atoms with van der Waals surface area (Å²) < 4.78 is 7.78. The van der Waals surface area contributed by atoms with Gasteiger partial charge in [0.2, 0.25) is 5.91 Å². The average molecular weight is 240 g/mol. The molecule has 0 bridgehead atoms. The zero-order valence-electron chi connectivity index (χ0n) is 11.6. The molecule has 1 aliphatic heterocycles. The van der Waals surface area contributed by atoms with Gasteiger partial charge in [-0.25, -0.2) is 0 Å². The second kappa shape index (κ2) is 5.17. The van der Waals surface area contributed by atoms with Crippen molar-refractivity contribution in [1.29, 1.82) is 0 Å². The van der Waals surface area contributed by atoms with Gasteiger partial charge in [-0.2, -0.15) is 0 Å². The van der Waals surface area contributed by atoms with Gasteiger partial charge >= 0.3 is 0 Å². The van der Waals surface area contributed by atoms with Gasteiger partial charge in [0.1, 0.15) is 0 Å². The molecule has 1 amide bonds. The van der Waals surface area contributed by atoms with E-state index in [1.807, 2.05) is 7.05 Å². The van der Waals surface area contributed by atoms with E-state index in [1.54, 1.807) is 4.90 Å². The second-order valence-electron chi connectivity index (χ2n) is 5.07. The van der Waals surface area contributed by atoms with Crippen molar-refractivity contribution in [1.82, 2.24) is 10.2 Å². The third-order valence-corrected chi connectivity index (χ3v) is 4.05. The first-order valence-electron chi connectivity index (χ1n) is 7.02. The van der Waals surface area contributed by atoms with Crippen molar-refractivity contribution in [2.75, 3.05) is 13.6 Å². The van der Waals surface area contributed by atoms with Gasteiger partial charge in [-0.1, -0.05) is 6.42 Å². The van der Waals surface area contributed by atoms with Crippen LogP contribution >= 0.6 is 0 Å². The van der Waals surface area contributed by atoms with Crippen molar-refractivity contribution >= 4 is 11.7 Å². The Labute approximate surface area is 104 Å². The van der Waals surface area contributed by atoms with Crippen molar-refractivity contribution in [3.05, 3.63) is 0 Å². The summed E-state index contributed by atoms with van der Waals surface area (Å²) in [4.78, 5) is 25.8. The first kappa shape index (κ1) is 11.2. The summed E-state index contributed by atoms with van der Waals surface area (Å²) in [7, 11) is 1.88. The van der Waals surface area contributed by atoms with Gasteiger partial charge in [0.05, 0.1) is 12.0 Å². The van der Waals surface area contributed by atoms with Gasteiger partial charge in [0, 0.05) is 14.0 Å². The first-order valence-corrected chi connectivity index (χ1v) is 6.45. The van der Waals surface area contributed by atoms with Crippen molar-refractivity contribution in [3.63, 3.8) is 0 Å². The molecule has 1 saturated carbocycles. The molecule has 17 heavy (non-hydrogen) atoms. The summed E-state index contributed by atoms with van der Waals surface area (Å²) in [5, 5.41) is 3.19. The van der Waals surface area contributed by atoms with Crippen LogP contribution in [0.25, 0.3) is 0 Å². The van der Waals surface area contributed by atoms with Crippen molar-refractivity contribution < 1.29 is 11.0 Å². The molecule has 0 aromatic heterocycles. The minimum absolute atomic E-state index is 0.0112. The fourth-order valence-corrected chi connectivity index (χ4v) is 3.07. The average Bonchev–Trinajstić information content (AvgIpc) is 2.93. The lowest BCUT2D eigenvalue weighted by atomic mass is 10.0. The molecular formula is C13H22N2O2. The molecule has 4 atom stereocenters. The maximum Gasteiger partial charge on any atom is 0.227 e. The maximum atomic E-state index is 12.5. The zero-order valence-corrected chi connectivity index (χ0v) is 10.6. The lowest BCUT2D eigenvalue weighted by Crippen LogP contribution is -2.46. The topological polar surface area (TPSA) is 49.4 Å². The van der Waals surface area contributed by atoms with Crippen LogP contribution in [0.2, 0.25) is 0 Å². The van der Waals surface area contributed by atoms with Gasteiger partial charge in [-0.05, 0) is 39.6 Å². The Morgan fingerprint density at radius 2 is 2.12 bits per heavy atom. The molecule has 2 aliphatic rings. The van der Waals surface area contributed by atoms with E-state index < -0.39 is 0 Å². The van der Waals surface area contributed by atoms with Crippen molar-refractivity contribution in [2.24, 2.45) is 5.92 Å². The lowest BCUT2D eigenvalue weighted by molar-refractivity contribution is -0.140. The van der Waals surface area contributed by atoms with Crippen LogP contribution in [0, 0.1) is 5.92 Å². The van der Waals surface area contributed by atoms with E-state index in [2.05, 4.69) is 5.32 Å². The quantitative estimate of drug-likeness (QED) is 0.799. The van der Waals surface area contributed by atoms with E-state index in [9.17, 15) is 9.59 Å². The monoisotopic (exact) mass is 240 g/mol. The van der Waals surface area contributed by atoms with E-state index in [0.29, 0.717) is 13.0 Å². The number of carbonyl (C=O) groups excluding carboxylic acids is 2. The van der Waals surface area contributed by atoms with Crippen LogP contribution in [-0.4, -0.2) is 42.3 Å². The summed E-state index contributed by atoms with van der Waals surface area (Å²) in [5.74, 6) is 0.0704. The number of hydrogen-bond acceptors (Lipinski definition) is 3. The number of nitrogens with one attached hydrogen (secondary N) is 1. The molecule has 4 heteroatoms. The summed E-state index contributed by atoms with van der Waals surface area (Å²) in [6, 6.07) is -0.131. The molecule has 0 aromatic rings. The van der Waals surface area contributed by atoms with Crippen LogP contribution in [0.3, 0.4) is 0 Å². The molecule has 0 radical (unpaired) electrons. The minimum Gasteiger partial charge on any atom is -0.332 e. The highest BCUT2D eigenvalue weighted by Gasteiger charge is 2.39. The van der Waals surface area contributed by atoms with Crippen LogP contribution in [0.1, 0.15) is 40.4 Å². The summed E-state index contributed by atoms with van der Waals surface area (Å²) in [6.07, 6.45) is 3.17. The van der Waals surface area contributed by atoms with Crippen molar-refractivity contribution in [3.8, 4) is 0 Å². The second-order valence-corrected chi connectivity index (χ2v) is 5.07. The molecule has 1 N–H and O–H groups in total. The van der Waals surface area contributed by atoms with Gasteiger partial charge in [-0.3, -0.25) is 9.59 Å². The number of amides is 1. The standard InChI is InChI=1S/C13H22N2O2/c1-9(16)12-7-4-8-15(12)13(17)10-5-3-6-11(10)14-2/h10-12,14H,3-8H2,1-2H3/t10-,11+,12-/m1/s1/i4T/t4-,10+,11-,12+/m0. The highest BCUT2D eigenvalue weighted by atomic mass is 16.2. The molecule has 1 heterocycles. The lowest BCUT2D eigenvalue weighted by Gasteiger charge is -2.28. The minimum atomic E-state index is -0.363. The highest BCUT2D eigenvalue weighted by molar-refractivity contribution is 5.89. The zero-order chi connectivity index (χ0) is 13.3. The molecule has 96 valence electrons. The number of hydrogen-bond donors (Lipinski definition) is 1. The van der Waals surface area contributed by atoms with E-state index in [4.69, 9.17) is 1.37 Å². The molecule has 0 spiro atoms. The maximum absolute atomic E-state index is 12.5. The number of carbonyl (C=O) groups is 2. The Morgan fingerprint density at radius 3 is 2.76 bits per heavy atom. The smallest absolute Gasteiger partial charge is 0.227 e. The number of rotatable bonds is 3. The number of likely N-dealkylation sites (tertiary alicyclic amines) is 1. The van der Waals surface area contributed by atoms with Crippen LogP contribution < -0.4 is 5.32 Å². The van der Waals surface area contributed by atoms with Gasteiger partial charge in [-0.15, -0.1) is 0 Å². The molecular weight excluding hydrogens is 216 g/mol. The molecule has 0 unspecified atom stereocenters. The Bertz CT molecular complexity index is 348. The van der Waals surface area contributed by atoms with E-state index in [-0.39, 0.29) is 36.1 Å². The summed E-state index contributed by atoms with van der Waals surface area (Å²) >= 11 is 0. The van der Waals surface area contributed by atoms with Gasteiger partial charge in [0.25, 0.3) is 0 Å². The number of Topliss-reactive ketones (excluding diaryl/α,β-unsaturated/α-hetero) is 1. The van der Waals surface area contributed by atoms with Crippen LogP contribution in [0.15, 0.2) is 0 Å². The fourth-order valence-electron chi connectivity index (χ4n) is 3.07. The van der Waals surface area contributed by atoms with Crippen molar-refractivity contribution in [2.45, 2.75) is 51.1 Å². The fraction of sp³-hybridized carbons (Fsp3) is 0.846. The van der Waals surface area contributed by atoms with Gasteiger partial charge in [0.15, 0.2) is 5.78 Å².